The van der Waals surface area contributed by atoms with Crippen LogP contribution in [0.2, 0.25) is 0 Å². The van der Waals surface area contributed by atoms with E-state index in [2.05, 4.69) is 10.6 Å². The Labute approximate surface area is 86.0 Å². The molecular weight excluding hydrogens is 178 g/mol. The summed E-state index contributed by atoms with van der Waals surface area (Å²) < 4.78 is 0. The second kappa shape index (κ2) is 4.64. The Balaban J connectivity index is 2.42. The number of carbonyl (C=O) groups is 1. The minimum Gasteiger partial charge on any atom is -0.333 e. The summed E-state index contributed by atoms with van der Waals surface area (Å²) in [6, 6.07) is 0.0567. The summed E-state index contributed by atoms with van der Waals surface area (Å²) in [5.74, 6) is 0. The van der Waals surface area contributed by atoms with Crippen molar-refractivity contribution in [2.75, 3.05) is 26.2 Å². The Kier molecular flexibility index (Phi) is 3.75. The van der Waals surface area contributed by atoms with Gasteiger partial charge in [-0.15, -0.1) is 0 Å². The van der Waals surface area contributed by atoms with E-state index in [0.29, 0.717) is 0 Å². The van der Waals surface area contributed by atoms with Gasteiger partial charge in [-0.1, -0.05) is 0 Å². The number of urea groups is 1. The number of hydrogen-bond donors (Lipinski definition) is 2. The molecule has 2 N–H and O–H groups in total. The monoisotopic (exact) mass is 199 g/mol. The van der Waals surface area contributed by atoms with E-state index in [1.807, 2.05) is 25.7 Å². The van der Waals surface area contributed by atoms with E-state index in [0.717, 1.165) is 32.6 Å². The second-order valence-corrected chi connectivity index (χ2v) is 4.77. The lowest BCUT2D eigenvalue weighted by Gasteiger charge is -2.27. The topological polar surface area (TPSA) is 44.4 Å². The van der Waals surface area contributed by atoms with Crippen molar-refractivity contribution in [1.82, 2.24) is 15.5 Å². The summed E-state index contributed by atoms with van der Waals surface area (Å²) in [4.78, 5) is 13.6. The van der Waals surface area contributed by atoms with Gasteiger partial charge in [-0.25, -0.2) is 4.79 Å². The van der Waals surface area contributed by atoms with Crippen molar-refractivity contribution >= 4 is 6.03 Å². The molecule has 0 spiro atoms. The third-order valence-corrected chi connectivity index (χ3v) is 2.11. The van der Waals surface area contributed by atoms with Gasteiger partial charge in [-0.05, 0) is 33.7 Å². The average molecular weight is 199 g/mol. The van der Waals surface area contributed by atoms with Crippen LogP contribution in [0, 0.1) is 0 Å². The Hall–Kier alpha value is -0.770. The molecule has 0 aliphatic carbocycles. The molecule has 14 heavy (non-hydrogen) atoms. The highest BCUT2D eigenvalue weighted by atomic mass is 16.2. The normalized spacial score (nSPS) is 18.9. The lowest BCUT2D eigenvalue weighted by molar-refractivity contribution is 0.192. The molecule has 1 saturated heterocycles. The van der Waals surface area contributed by atoms with Crippen LogP contribution in [0.1, 0.15) is 27.2 Å². The fraction of sp³-hybridized carbons (Fsp3) is 0.900. The highest BCUT2D eigenvalue weighted by Gasteiger charge is 2.19. The predicted octanol–water partition coefficient (Wildman–Crippen LogP) is 0.790. The van der Waals surface area contributed by atoms with Gasteiger partial charge in [-0.2, -0.15) is 0 Å². The van der Waals surface area contributed by atoms with E-state index < -0.39 is 0 Å². The standard InChI is InChI=1S/C10H21N3O/c1-10(2,3)12-9(14)13-7-4-5-11-6-8-13/h11H,4-8H2,1-3H3,(H,12,14). The molecule has 4 heteroatoms. The van der Waals surface area contributed by atoms with E-state index in [1.54, 1.807) is 0 Å². The molecule has 0 aromatic rings. The lowest BCUT2D eigenvalue weighted by Crippen LogP contribution is -2.49. The quantitative estimate of drug-likeness (QED) is 0.606. The molecule has 1 aliphatic heterocycles. The van der Waals surface area contributed by atoms with Crippen LogP contribution in [0.3, 0.4) is 0 Å². The van der Waals surface area contributed by atoms with E-state index in [1.165, 1.54) is 0 Å². The van der Waals surface area contributed by atoms with Crippen LogP contribution in [0.15, 0.2) is 0 Å². The third-order valence-electron chi connectivity index (χ3n) is 2.11. The third kappa shape index (κ3) is 3.96. The summed E-state index contributed by atoms with van der Waals surface area (Å²) in [6.45, 7) is 9.58. The van der Waals surface area contributed by atoms with Crippen LogP contribution in [0.5, 0.6) is 0 Å². The summed E-state index contributed by atoms with van der Waals surface area (Å²) in [6.07, 6.45) is 1.04. The minimum absolute atomic E-state index is 0.0567. The number of nitrogens with zero attached hydrogens (tertiary/aromatic N) is 1. The molecule has 0 radical (unpaired) electrons. The van der Waals surface area contributed by atoms with Crippen LogP contribution >= 0.6 is 0 Å². The van der Waals surface area contributed by atoms with Gasteiger partial charge >= 0.3 is 6.03 Å². The van der Waals surface area contributed by atoms with Crippen LogP contribution in [0.25, 0.3) is 0 Å². The molecule has 0 atom stereocenters. The van der Waals surface area contributed by atoms with Crippen molar-refractivity contribution in [3.8, 4) is 0 Å². The molecule has 0 aromatic heterocycles. The molecule has 0 aromatic carbocycles. The molecule has 1 fully saturated rings. The first-order valence-corrected chi connectivity index (χ1v) is 5.27. The maximum Gasteiger partial charge on any atom is 0.317 e. The van der Waals surface area contributed by atoms with E-state index in [9.17, 15) is 4.79 Å². The number of amides is 2. The minimum atomic E-state index is -0.142. The lowest BCUT2D eigenvalue weighted by atomic mass is 10.1. The Morgan fingerprint density at radius 1 is 1.29 bits per heavy atom. The van der Waals surface area contributed by atoms with Gasteiger partial charge < -0.3 is 15.5 Å². The number of hydrogen-bond acceptors (Lipinski definition) is 2. The molecule has 2 amide bonds. The zero-order valence-electron chi connectivity index (χ0n) is 9.39. The van der Waals surface area contributed by atoms with Crippen LogP contribution in [-0.4, -0.2) is 42.6 Å². The zero-order valence-corrected chi connectivity index (χ0v) is 9.39. The number of carbonyl (C=O) groups excluding carboxylic acids is 1. The van der Waals surface area contributed by atoms with Crippen LogP contribution < -0.4 is 10.6 Å². The van der Waals surface area contributed by atoms with Crippen molar-refractivity contribution in [2.45, 2.75) is 32.7 Å². The molecule has 0 unspecified atom stereocenters. The zero-order chi connectivity index (χ0) is 10.6. The first kappa shape index (κ1) is 11.3. The molecular formula is C10H21N3O. The molecule has 1 heterocycles. The Morgan fingerprint density at radius 3 is 2.64 bits per heavy atom. The molecule has 82 valence electrons. The number of nitrogens with one attached hydrogen (secondary N) is 2. The summed E-state index contributed by atoms with van der Waals surface area (Å²) in [5, 5.41) is 6.25. The number of rotatable bonds is 0. The predicted molar refractivity (Wildman–Crippen MR) is 57.3 cm³/mol. The molecule has 1 rings (SSSR count). The summed E-state index contributed by atoms with van der Waals surface area (Å²) in [5.41, 5.74) is -0.142. The molecule has 0 bridgehead atoms. The highest BCUT2D eigenvalue weighted by molar-refractivity contribution is 5.74. The van der Waals surface area contributed by atoms with Crippen molar-refractivity contribution < 1.29 is 4.79 Å². The van der Waals surface area contributed by atoms with E-state index >= 15 is 0 Å². The average Bonchev–Trinajstić information content (AvgIpc) is 2.27. The first-order valence-electron chi connectivity index (χ1n) is 5.27. The highest BCUT2D eigenvalue weighted by Crippen LogP contribution is 2.02. The summed E-state index contributed by atoms with van der Waals surface area (Å²) >= 11 is 0. The second-order valence-electron chi connectivity index (χ2n) is 4.77. The summed E-state index contributed by atoms with van der Waals surface area (Å²) in [7, 11) is 0. The van der Waals surface area contributed by atoms with Gasteiger partial charge in [0.15, 0.2) is 0 Å². The van der Waals surface area contributed by atoms with Gasteiger partial charge in [0.25, 0.3) is 0 Å². The van der Waals surface area contributed by atoms with Crippen molar-refractivity contribution in [3.63, 3.8) is 0 Å². The first-order chi connectivity index (χ1) is 6.49. The fourth-order valence-corrected chi connectivity index (χ4v) is 1.45. The van der Waals surface area contributed by atoms with E-state index in [-0.39, 0.29) is 11.6 Å². The Morgan fingerprint density at radius 2 is 2.00 bits per heavy atom. The Bertz CT molecular complexity index is 190. The van der Waals surface area contributed by atoms with Crippen molar-refractivity contribution in [2.24, 2.45) is 0 Å². The smallest absolute Gasteiger partial charge is 0.317 e. The largest absolute Gasteiger partial charge is 0.333 e. The van der Waals surface area contributed by atoms with E-state index in [4.69, 9.17) is 0 Å². The molecule has 0 saturated carbocycles. The fourth-order valence-electron chi connectivity index (χ4n) is 1.45. The van der Waals surface area contributed by atoms with Crippen molar-refractivity contribution in [1.29, 1.82) is 0 Å². The maximum atomic E-state index is 11.8. The van der Waals surface area contributed by atoms with Gasteiger partial charge in [-0.3, -0.25) is 0 Å². The van der Waals surface area contributed by atoms with Crippen molar-refractivity contribution in [3.05, 3.63) is 0 Å². The van der Waals surface area contributed by atoms with Gasteiger partial charge in [0, 0.05) is 25.2 Å². The molecule has 4 nitrogen and oxygen atoms in total. The van der Waals surface area contributed by atoms with Gasteiger partial charge in [0.1, 0.15) is 0 Å². The van der Waals surface area contributed by atoms with Gasteiger partial charge in [0.05, 0.1) is 0 Å². The maximum absolute atomic E-state index is 11.8. The molecule has 1 aliphatic rings. The van der Waals surface area contributed by atoms with Gasteiger partial charge in [0.2, 0.25) is 0 Å². The SMILES string of the molecule is CC(C)(C)NC(=O)N1CCCNCC1. The van der Waals surface area contributed by atoms with Crippen LogP contribution in [-0.2, 0) is 0 Å². The van der Waals surface area contributed by atoms with Crippen LogP contribution in [0.4, 0.5) is 4.79 Å².